The Kier molecular flexibility index (Phi) is 4.23. The number of urea groups is 1. The molecule has 0 saturated heterocycles. The fourth-order valence-electron chi connectivity index (χ4n) is 3.06. The van der Waals surface area contributed by atoms with Crippen LogP contribution in [0.3, 0.4) is 0 Å². The summed E-state index contributed by atoms with van der Waals surface area (Å²) in [7, 11) is 3.49. The van der Waals surface area contributed by atoms with Crippen molar-refractivity contribution in [3.63, 3.8) is 0 Å². The first-order valence-corrected chi connectivity index (χ1v) is 7.85. The van der Waals surface area contributed by atoms with Gasteiger partial charge in [0, 0.05) is 25.2 Å². The van der Waals surface area contributed by atoms with Gasteiger partial charge in [-0.3, -0.25) is 14.9 Å². The third kappa shape index (κ3) is 3.02. The second kappa shape index (κ2) is 6.32. The number of hydrogen-bond donors (Lipinski definition) is 1. The summed E-state index contributed by atoms with van der Waals surface area (Å²) >= 11 is 0. The third-order valence-corrected chi connectivity index (χ3v) is 4.16. The number of rotatable bonds is 2. The van der Waals surface area contributed by atoms with Crippen LogP contribution in [0.2, 0.25) is 0 Å². The van der Waals surface area contributed by atoms with Crippen molar-refractivity contribution in [3.8, 4) is 5.75 Å². The molecule has 122 valence electrons. The van der Waals surface area contributed by atoms with Gasteiger partial charge in [0.2, 0.25) is 0 Å². The summed E-state index contributed by atoms with van der Waals surface area (Å²) in [5, 5.41) is 7.22. The molecule has 0 unspecified atom stereocenters. The number of methoxy groups -OCH3 is 1. The van der Waals surface area contributed by atoms with Crippen LogP contribution in [-0.2, 0) is 13.5 Å². The van der Waals surface area contributed by atoms with Crippen LogP contribution in [0.4, 0.5) is 16.3 Å². The average Bonchev–Trinajstić information content (AvgIpc) is 2.74. The van der Waals surface area contributed by atoms with E-state index in [-0.39, 0.29) is 6.03 Å². The van der Waals surface area contributed by atoms with Gasteiger partial charge in [-0.25, -0.2) is 4.79 Å². The van der Waals surface area contributed by atoms with Crippen LogP contribution in [0, 0.1) is 6.92 Å². The van der Waals surface area contributed by atoms with Crippen molar-refractivity contribution in [1.82, 2.24) is 9.78 Å². The van der Waals surface area contributed by atoms with E-state index in [9.17, 15) is 4.79 Å². The first-order chi connectivity index (χ1) is 11.1. The fraction of sp³-hybridized carbons (Fsp3) is 0.412. The molecule has 1 aromatic heterocycles. The molecule has 1 N–H and O–H groups in total. The van der Waals surface area contributed by atoms with E-state index < -0.39 is 0 Å². The van der Waals surface area contributed by atoms with Crippen molar-refractivity contribution in [3.05, 3.63) is 35.5 Å². The van der Waals surface area contributed by atoms with Crippen molar-refractivity contribution in [2.24, 2.45) is 7.05 Å². The highest BCUT2D eigenvalue weighted by Crippen LogP contribution is 2.33. The number of amides is 2. The predicted octanol–water partition coefficient (Wildman–Crippen LogP) is 3.11. The summed E-state index contributed by atoms with van der Waals surface area (Å²) in [4.78, 5) is 14.6. The summed E-state index contributed by atoms with van der Waals surface area (Å²) < 4.78 is 7.14. The number of fused-ring (bicyclic) bond motifs is 1. The highest BCUT2D eigenvalue weighted by atomic mass is 16.5. The van der Waals surface area contributed by atoms with Crippen LogP contribution in [0.1, 0.15) is 24.1 Å². The SMILES string of the molecule is COc1cccc2c1CCCCN2C(=O)Nc1cc(C)nn1C. The van der Waals surface area contributed by atoms with E-state index in [1.54, 1.807) is 16.7 Å². The smallest absolute Gasteiger partial charge is 0.327 e. The Hall–Kier alpha value is -2.50. The van der Waals surface area contributed by atoms with Crippen LogP contribution in [0.25, 0.3) is 0 Å². The number of aryl methyl sites for hydroxylation is 2. The number of ether oxygens (including phenoxy) is 1. The molecule has 0 bridgehead atoms. The lowest BCUT2D eigenvalue weighted by atomic mass is 10.1. The molecule has 0 atom stereocenters. The number of benzene rings is 1. The maximum Gasteiger partial charge on any atom is 0.327 e. The minimum Gasteiger partial charge on any atom is -0.496 e. The Labute approximate surface area is 136 Å². The molecular weight excluding hydrogens is 292 g/mol. The molecule has 0 radical (unpaired) electrons. The third-order valence-electron chi connectivity index (χ3n) is 4.16. The van der Waals surface area contributed by atoms with E-state index in [1.807, 2.05) is 38.2 Å². The van der Waals surface area contributed by atoms with Gasteiger partial charge in [0.25, 0.3) is 0 Å². The van der Waals surface area contributed by atoms with Crippen LogP contribution in [0.15, 0.2) is 24.3 Å². The van der Waals surface area contributed by atoms with E-state index in [1.165, 1.54) is 0 Å². The van der Waals surface area contributed by atoms with Crippen LogP contribution in [0.5, 0.6) is 5.75 Å². The Balaban J connectivity index is 1.91. The normalized spacial score (nSPS) is 14.1. The number of nitrogens with one attached hydrogen (secondary N) is 1. The Bertz CT molecular complexity index is 723. The number of nitrogens with zero attached hydrogens (tertiary/aromatic N) is 3. The molecule has 2 heterocycles. The standard InChI is InChI=1S/C17H22N4O2/c1-12-11-16(20(2)19-12)18-17(22)21-10-5-4-7-13-14(21)8-6-9-15(13)23-3/h6,8-9,11H,4-5,7,10H2,1-3H3,(H,18,22). The second-order valence-electron chi connectivity index (χ2n) is 5.79. The number of hydrogen-bond acceptors (Lipinski definition) is 3. The minimum atomic E-state index is -0.135. The van der Waals surface area contributed by atoms with Gasteiger partial charge in [0.1, 0.15) is 11.6 Å². The van der Waals surface area contributed by atoms with Crippen molar-refractivity contribution in [2.45, 2.75) is 26.2 Å². The highest BCUT2D eigenvalue weighted by molar-refractivity contribution is 6.02. The van der Waals surface area contributed by atoms with Crippen molar-refractivity contribution < 1.29 is 9.53 Å². The minimum absolute atomic E-state index is 0.135. The zero-order chi connectivity index (χ0) is 16.4. The van der Waals surface area contributed by atoms with Crippen LogP contribution >= 0.6 is 0 Å². The van der Waals surface area contributed by atoms with Gasteiger partial charge in [-0.15, -0.1) is 0 Å². The molecule has 0 aliphatic carbocycles. The summed E-state index contributed by atoms with van der Waals surface area (Å²) in [5.41, 5.74) is 2.91. The van der Waals surface area contributed by atoms with Crippen molar-refractivity contribution >= 4 is 17.5 Å². The van der Waals surface area contributed by atoms with Crippen LogP contribution in [-0.4, -0.2) is 29.5 Å². The van der Waals surface area contributed by atoms with Gasteiger partial charge in [-0.05, 0) is 38.3 Å². The van der Waals surface area contributed by atoms with E-state index in [0.717, 1.165) is 42.0 Å². The molecule has 2 amide bonds. The molecule has 0 spiro atoms. The quantitative estimate of drug-likeness (QED) is 0.926. The maximum absolute atomic E-state index is 12.8. The first kappa shape index (κ1) is 15.4. The zero-order valence-electron chi connectivity index (χ0n) is 13.8. The van der Waals surface area contributed by atoms with Gasteiger partial charge in [-0.1, -0.05) is 6.07 Å². The van der Waals surface area contributed by atoms with Gasteiger partial charge in [0.05, 0.1) is 18.5 Å². The molecule has 1 aliphatic heterocycles. The molecule has 1 aromatic carbocycles. The lowest BCUT2D eigenvalue weighted by Crippen LogP contribution is -2.36. The van der Waals surface area contributed by atoms with Crippen molar-refractivity contribution in [2.75, 3.05) is 23.9 Å². The summed E-state index contributed by atoms with van der Waals surface area (Å²) in [6, 6.07) is 7.59. The predicted molar refractivity (Wildman–Crippen MR) is 90.2 cm³/mol. The Morgan fingerprint density at radius 2 is 2.17 bits per heavy atom. The van der Waals surface area contributed by atoms with Gasteiger partial charge >= 0.3 is 6.03 Å². The number of aromatic nitrogens is 2. The molecular formula is C17H22N4O2. The number of anilines is 2. The summed E-state index contributed by atoms with van der Waals surface area (Å²) in [5.74, 6) is 1.54. The van der Waals surface area contributed by atoms with Crippen LogP contribution < -0.4 is 15.0 Å². The molecule has 2 aromatic rings. The topological polar surface area (TPSA) is 59.4 Å². The molecule has 0 fully saturated rings. The lowest BCUT2D eigenvalue weighted by molar-refractivity contribution is 0.256. The second-order valence-corrected chi connectivity index (χ2v) is 5.79. The fourth-order valence-corrected chi connectivity index (χ4v) is 3.06. The van der Waals surface area contributed by atoms with Crippen molar-refractivity contribution in [1.29, 1.82) is 0 Å². The van der Waals surface area contributed by atoms with E-state index in [2.05, 4.69) is 10.4 Å². The van der Waals surface area contributed by atoms with E-state index >= 15 is 0 Å². The number of carbonyl (C=O) groups excluding carboxylic acids is 1. The molecule has 0 saturated carbocycles. The average molecular weight is 314 g/mol. The molecule has 6 nitrogen and oxygen atoms in total. The molecule has 1 aliphatic rings. The zero-order valence-corrected chi connectivity index (χ0v) is 13.8. The number of carbonyl (C=O) groups is 1. The molecule has 23 heavy (non-hydrogen) atoms. The largest absolute Gasteiger partial charge is 0.496 e. The first-order valence-electron chi connectivity index (χ1n) is 7.85. The lowest BCUT2D eigenvalue weighted by Gasteiger charge is -2.24. The summed E-state index contributed by atoms with van der Waals surface area (Å²) in [6.07, 6.45) is 2.94. The van der Waals surface area contributed by atoms with Gasteiger partial charge in [-0.2, -0.15) is 5.10 Å². The molecule has 6 heteroatoms. The van der Waals surface area contributed by atoms with Gasteiger partial charge < -0.3 is 4.74 Å². The maximum atomic E-state index is 12.8. The Morgan fingerprint density at radius 3 is 2.87 bits per heavy atom. The van der Waals surface area contributed by atoms with E-state index in [4.69, 9.17) is 4.74 Å². The van der Waals surface area contributed by atoms with E-state index in [0.29, 0.717) is 12.4 Å². The monoisotopic (exact) mass is 314 g/mol. The molecule has 3 rings (SSSR count). The van der Waals surface area contributed by atoms with Gasteiger partial charge in [0.15, 0.2) is 0 Å². The summed E-state index contributed by atoms with van der Waals surface area (Å²) in [6.45, 7) is 2.60. The Morgan fingerprint density at radius 1 is 1.35 bits per heavy atom. The highest BCUT2D eigenvalue weighted by Gasteiger charge is 2.24.